The Morgan fingerprint density at radius 1 is 1.11 bits per heavy atom. The number of hydrogen-bond donors (Lipinski definition) is 2. The van der Waals surface area contributed by atoms with Crippen LogP contribution in [0.3, 0.4) is 0 Å². The predicted octanol–water partition coefficient (Wildman–Crippen LogP) is 5.26. The number of piperidine rings is 1. The number of halogens is 2. The van der Waals surface area contributed by atoms with Gasteiger partial charge in [0.1, 0.15) is 22.8 Å². The number of nitrogens with one attached hydrogen (secondary N) is 1. The number of fused-ring (bicyclic) bond motifs is 1. The third-order valence-electron chi connectivity index (χ3n) is 7.79. The minimum absolute atomic E-state index is 0.170. The highest BCUT2D eigenvalue weighted by molar-refractivity contribution is 5.89. The van der Waals surface area contributed by atoms with E-state index in [0.29, 0.717) is 34.2 Å². The molecule has 2 aromatic heterocycles. The van der Waals surface area contributed by atoms with Gasteiger partial charge < -0.3 is 19.9 Å². The Morgan fingerprint density at radius 2 is 1.76 bits per heavy atom. The number of aliphatic hydroxyl groups is 1. The van der Waals surface area contributed by atoms with Crippen LogP contribution >= 0.6 is 0 Å². The number of pyridine rings is 1. The maximum atomic E-state index is 14.8. The summed E-state index contributed by atoms with van der Waals surface area (Å²) in [6.45, 7) is 12.1. The minimum Gasteiger partial charge on any atom is -0.384 e. The van der Waals surface area contributed by atoms with Crippen LogP contribution in [0.25, 0.3) is 10.9 Å². The van der Waals surface area contributed by atoms with Crippen LogP contribution < -0.4 is 10.9 Å². The van der Waals surface area contributed by atoms with Gasteiger partial charge in [-0.15, -0.1) is 0 Å². The van der Waals surface area contributed by atoms with Crippen molar-refractivity contribution in [2.75, 3.05) is 18.4 Å². The van der Waals surface area contributed by atoms with Crippen molar-refractivity contribution in [1.29, 1.82) is 0 Å². The summed E-state index contributed by atoms with van der Waals surface area (Å²) in [6.07, 6.45) is 1.93. The fourth-order valence-electron chi connectivity index (χ4n) is 5.26. The second-order valence-electron chi connectivity index (χ2n) is 11.3. The Labute approximate surface area is 222 Å². The number of rotatable bonds is 7. The SMILES string of the molecule is Cc1nc(N[C@H](C)c2cccc(C(F)(F)C(C)(C)O)c2)c2cc(C3CCN(C(C)C)CC3)n(C)c(=O)c2n1. The smallest absolute Gasteiger partial charge is 0.300 e. The van der Waals surface area contributed by atoms with Crippen LogP contribution in [0.4, 0.5) is 14.6 Å². The Bertz CT molecular complexity index is 1370. The van der Waals surface area contributed by atoms with Crippen molar-refractivity contribution >= 4 is 16.7 Å². The average Bonchev–Trinajstić information content (AvgIpc) is 2.86. The van der Waals surface area contributed by atoms with Crippen molar-refractivity contribution in [3.05, 3.63) is 63.3 Å². The first-order valence-corrected chi connectivity index (χ1v) is 13.3. The van der Waals surface area contributed by atoms with Gasteiger partial charge in [-0.05, 0) is 85.2 Å². The standard InChI is InChI=1S/C29H39F2N5O2/c1-17(2)36-13-11-20(12-14-36)24-16-23-25(27(37)35(24)7)33-19(4)34-26(23)32-18(3)21-9-8-10-22(15-21)29(30,31)28(5,6)38/h8-10,15-18,20,38H,11-14H2,1-7H3,(H,32,33,34)/t18-/m1/s1. The highest BCUT2D eigenvalue weighted by atomic mass is 19.3. The van der Waals surface area contributed by atoms with E-state index in [1.165, 1.54) is 12.1 Å². The van der Waals surface area contributed by atoms with Crippen molar-refractivity contribution in [3.8, 4) is 0 Å². The molecular weight excluding hydrogens is 488 g/mol. The molecule has 3 heterocycles. The van der Waals surface area contributed by atoms with E-state index in [1.807, 2.05) is 13.0 Å². The highest BCUT2D eigenvalue weighted by Gasteiger charge is 2.47. The molecule has 7 nitrogen and oxygen atoms in total. The fourth-order valence-corrected chi connectivity index (χ4v) is 5.26. The zero-order chi connectivity index (χ0) is 28.0. The third kappa shape index (κ3) is 5.31. The zero-order valence-corrected chi connectivity index (χ0v) is 23.3. The highest BCUT2D eigenvalue weighted by Crippen LogP contribution is 2.39. The van der Waals surface area contributed by atoms with Crippen LogP contribution in [0.5, 0.6) is 0 Å². The van der Waals surface area contributed by atoms with Gasteiger partial charge in [0.05, 0.1) is 5.39 Å². The number of aromatic nitrogens is 3. The maximum absolute atomic E-state index is 14.8. The lowest BCUT2D eigenvalue weighted by molar-refractivity contribution is -0.168. The molecule has 2 N–H and O–H groups in total. The van der Waals surface area contributed by atoms with Crippen molar-refractivity contribution in [3.63, 3.8) is 0 Å². The largest absolute Gasteiger partial charge is 0.384 e. The molecule has 0 bridgehead atoms. The van der Waals surface area contributed by atoms with E-state index < -0.39 is 17.6 Å². The molecule has 0 amide bonds. The molecule has 0 unspecified atom stereocenters. The number of hydrogen-bond acceptors (Lipinski definition) is 6. The molecule has 3 aromatic rings. The van der Waals surface area contributed by atoms with Gasteiger partial charge in [0, 0.05) is 36.3 Å². The van der Waals surface area contributed by atoms with E-state index in [4.69, 9.17) is 0 Å². The molecule has 0 saturated carbocycles. The Morgan fingerprint density at radius 3 is 2.37 bits per heavy atom. The van der Waals surface area contributed by atoms with Crippen molar-refractivity contribution in [2.45, 2.75) is 83.9 Å². The molecule has 9 heteroatoms. The van der Waals surface area contributed by atoms with Gasteiger partial charge in [0.25, 0.3) is 5.56 Å². The van der Waals surface area contributed by atoms with Gasteiger partial charge in [-0.3, -0.25) is 4.79 Å². The molecule has 0 spiro atoms. The van der Waals surface area contributed by atoms with E-state index in [1.54, 1.807) is 30.7 Å². The Kier molecular flexibility index (Phi) is 7.65. The molecule has 1 atom stereocenters. The number of anilines is 1. The average molecular weight is 528 g/mol. The summed E-state index contributed by atoms with van der Waals surface area (Å²) in [5.74, 6) is -2.23. The molecule has 1 aromatic carbocycles. The van der Waals surface area contributed by atoms with E-state index >= 15 is 0 Å². The Balaban J connectivity index is 1.71. The summed E-state index contributed by atoms with van der Waals surface area (Å²) >= 11 is 0. The first kappa shape index (κ1) is 28.1. The second kappa shape index (κ2) is 10.3. The fraction of sp³-hybridized carbons (Fsp3) is 0.552. The summed E-state index contributed by atoms with van der Waals surface area (Å²) in [7, 11) is 1.80. The van der Waals surface area contributed by atoms with E-state index in [0.717, 1.165) is 45.5 Å². The Hall–Kier alpha value is -2.91. The molecule has 1 saturated heterocycles. The molecule has 38 heavy (non-hydrogen) atoms. The van der Waals surface area contributed by atoms with Gasteiger partial charge in [-0.25, -0.2) is 9.97 Å². The van der Waals surface area contributed by atoms with E-state index in [2.05, 4.69) is 34.0 Å². The van der Waals surface area contributed by atoms with Crippen LogP contribution in [-0.4, -0.2) is 49.3 Å². The first-order chi connectivity index (χ1) is 17.7. The molecule has 206 valence electrons. The molecule has 1 aliphatic rings. The first-order valence-electron chi connectivity index (χ1n) is 13.3. The normalized spacial score (nSPS) is 16.8. The number of alkyl halides is 2. The quantitative estimate of drug-likeness (QED) is 0.436. The molecular formula is C29H39F2N5O2. The van der Waals surface area contributed by atoms with Gasteiger partial charge >= 0.3 is 5.92 Å². The number of benzene rings is 1. The molecule has 1 fully saturated rings. The van der Waals surface area contributed by atoms with Crippen molar-refractivity contribution < 1.29 is 13.9 Å². The van der Waals surface area contributed by atoms with Crippen LogP contribution in [0, 0.1) is 6.92 Å². The third-order valence-corrected chi connectivity index (χ3v) is 7.79. The molecule has 4 rings (SSSR count). The minimum atomic E-state index is -3.42. The van der Waals surface area contributed by atoms with Gasteiger partial charge in [-0.1, -0.05) is 18.2 Å². The summed E-state index contributed by atoms with van der Waals surface area (Å²) in [4.78, 5) is 24.9. The monoisotopic (exact) mass is 527 g/mol. The van der Waals surface area contributed by atoms with Gasteiger partial charge in [0.2, 0.25) is 0 Å². The number of likely N-dealkylation sites (tertiary alicyclic amines) is 1. The number of nitrogens with zero attached hydrogens (tertiary/aromatic N) is 4. The topological polar surface area (TPSA) is 83.3 Å². The lowest BCUT2D eigenvalue weighted by Crippen LogP contribution is -2.40. The summed E-state index contributed by atoms with van der Waals surface area (Å²) in [6, 6.07) is 8.14. The van der Waals surface area contributed by atoms with Crippen molar-refractivity contribution in [1.82, 2.24) is 19.4 Å². The van der Waals surface area contributed by atoms with E-state index in [9.17, 15) is 18.7 Å². The second-order valence-corrected chi connectivity index (χ2v) is 11.3. The summed E-state index contributed by atoms with van der Waals surface area (Å²) in [5.41, 5.74) is -0.730. The molecule has 0 aliphatic carbocycles. The zero-order valence-electron chi connectivity index (χ0n) is 23.3. The van der Waals surface area contributed by atoms with Crippen LogP contribution in [0.15, 0.2) is 35.1 Å². The van der Waals surface area contributed by atoms with Crippen LogP contribution in [0.2, 0.25) is 0 Å². The van der Waals surface area contributed by atoms with Crippen LogP contribution in [-0.2, 0) is 13.0 Å². The maximum Gasteiger partial charge on any atom is 0.300 e. The van der Waals surface area contributed by atoms with Gasteiger partial charge in [0.15, 0.2) is 0 Å². The van der Waals surface area contributed by atoms with Gasteiger partial charge in [-0.2, -0.15) is 8.78 Å². The summed E-state index contributed by atoms with van der Waals surface area (Å²) in [5, 5.41) is 14.0. The predicted molar refractivity (Wildman–Crippen MR) is 147 cm³/mol. The summed E-state index contributed by atoms with van der Waals surface area (Å²) < 4.78 is 31.4. The molecule has 1 aliphatic heterocycles. The number of aryl methyl sites for hydroxylation is 1. The lowest BCUT2D eigenvalue weighted by atomic mass is 9.91. The lowest BCUT2D eigenvalue weighted by Gasteiger charge is -2.35. The van der Waals surface area contributed by atoms with E-state index in [-0.39, 0.29) is 17.0 Å². The van der Waals surface area contributed by atoms with Crippen LogP contribution in [0.1, 0.15) is 82.1 Å². The van der Waals surface area contributed by atoms with Crippen molar-refractivity contribution in [2.24, 2.45) is 7.05 Å². The molecule has 0 radical (unpaired) electrons.